The van der Waals surface area contributed by atoms with E-state index >= 15 is 0 Å². The molecule has 3 rings (SSSR count). The Bertz CT molecular complexity index is 748. The highest BCUT2D eigenvalue weighted by Gasteiger charge is 2.44. The molecule has 0 aromatic carbocycles. The smallest absolute Gasteiger partial charge is 0.243 e. The molecular formula is C21H35FN6O4. The van der Waals surface area contributed by atoms with Gasteiger partial charge in [-0.15, -0.1) is 0 Å². The normalized spacial score (nSPS) is 34.5. The molecule has 3 fully saturated rings. The largest absolute Gasteiger partial charge is 0.370 e. The van der Waals surface area contributed by atoms with Crippen LogP contribution < -0.4 is 27.4 Å². The summed E-state index contributed by atoms with van der Waals surface area (Å²) < 4.78 is 14.1. The average Bonchev–Trinajstić information content (AvgIpc) is 3.02. The Morgan fingerprint density at radius 3 is 2.59 bits per heavy atom. The van der Waals surface area contributed by atoms with Crippen molar-refractivity contribution in [3.8, 4) is 0 Å². The maximum atomic E-state index is 14.1. The molecule has 4 amide bonds. The molecule has 32 heavy (non-hydrogen) atoms. The molecule has 1 aliphatic carbocycles. The summed E-state index contributed by atoms with van der Waals surface area (Å²) in [4.78, 5) is 49.8. The van der Waals surface area contributed by atoms with Gasteiger partial charge in [-0.2, -0.15) is 0 Å². The zero-order valence-corrected chi connectivity index (χ0v) is 18.6. The average molecular weight is 455 g/mol. The fourth-order valence-electron chi connectivity index (χ4n) is 5.35. The van der Waals surface area contributed by atoms with Gasteiger partial charge in [0.1, 0.15) is 5.67 Å². The van der Waals surface area contributed by atoms with E-state index in [-0.39, 0.29) is 74.0 Å². The molecule has 10 nitrogen and oxygen atoms in total. The van der Waals surface area contributed by atoms with Crippen LogP contribution in [0.3, 0.4) is 0 Å². The minimum Gasteiger partial charge on any atom is -0.370 e. The van der Waals surface area contributed by atoms with Gasteiger partial charge in [0.05, 0.1) is 19.3 Å². The third kappa shape index (κ3) is 5.94. The number of halogens is 1. The summed E-state index contributed by atoms with van der Waals surface area (Å²) in [5, 5.41) is 9.14. The highest BCUT2D eigenvalue weighted by atomic mass is 19.1. The summed E-state index contributed by atoms with van der Waals surface area (Å²) in [6.07, 6.45) is 2.58. The van der Waals surface area contributed by atoms with E-state index in [9.17, 15) is 23.6 Å². The van der Waals surface area contributed by atoms with Gasteiger partial charge in [0.15, 0.2) is 0 Å². The van der Waals surface area contributed by atoms with E-state index in [1.165, 1.54) is 11.8 Å². The molecule has 2 saturated heterocycles. The summed E-state index contributed by atoms with van der Waals surface area (Å²) in [6, 6.07) is -0.183. The number of hydrogen-bond donors (Lipinski definition) is 5. The van der Waals surface area contributed by atoms with E-state index in [2.05, 4.69) is 16.0 Å². The standard InChI is InChI=1S/C21H35FN6O4/c1-21(22)9-15(23)28(11-21)18(31)10-26-20(32)13-7-8-25-19-12(13)3-2-4-14(19)27-17(30)6-5-16(24)29/h12-15,19,25H,2-11,23H2,1H3,(H2,24,29)(H,26,32)(H,27,30)/t12?,13?,14?,15-,19?,21?/m0/s1. The fourth-order valence-corrected chi connectivity index (χ4v) is 5.35. The topological polar surface area (TPSA) is 160 Å². The van der Waals surface area contributed by atoms with Gasteiger partial charge in [0, 0.05) is 37.3 Å². The lowest BCUT2D eigenvalue weighted by molar-refractivity contribution is -0.136. The molecule has 5 unspecified atom stereocenters. The highest BCUT2D eigenvalue weighted by molar-refractivity contribution is 5.86. The number of fused-ring (bicyclic) bond motifs is 1. The molecule has 0 bridgehead atoms. The van der Waals surface area contributed by atoms with E-state index in [0.717, 1.165) is 19.3 Å². The molecule has 6 atom stereocenters. The number of hydrogen-bond acceptors (Lipinski definition) is 6. The number of alkyl halides is 1. The van der Waals surface area contributed by atoms with Crippen LogP contribution in [0.2, 0.25) is 0 Å². The van der Waals surface area contributed by atoms with Gasteiger partial charge in [0.2, 0.25) is 23.6 Å². The van der Waals surface area contributed by atoms with E-state index in [0.29, 0.717) is 13.0 Å². The summed E-state index contributed by atoms with van der Waals surface area (Å²) in [6.45, 7) is 1.76. The third-order valence-electron chi connectivity index (χ3n) is 6.85. The third-order valence-corrected chi connectivity index (χ3v) is 6.85. The van der Waals surface area contributed by atoms with Gasteiger partial charge in [0.25, 0.3) is 0 Å². The van der Waals surface area contributed by atoms with Crippen molar-refractivity contribution < 1.29 is 23.6 Å². The number of rotatable bonds is 7. The van der Waals surface area contributed by atoms with Crippen molar-refractivity contribution in [2.45, 2.75) is 75.8 Å². The first kappa shape index (κ1) is 24.4. The second-order valence-corrected chi connectivity index (χ2v) is 9.53. The number of carbonyl (C=O) groups is 4. The lowest BCUT2D eigenvalue weighted by Gasteiger charge is -2.45. The SMILES string of the molecule is CC1(F)C[C@@H](N)N(C(=O)CNC(=O)C2CCNC3C(NC(=O)CCC(N)=O)CCCC23)C1. The van der Waals surface area contributed by atoms with Crippen LogP contribution >= 0.6 is 0 Å². The Balaban J connectivity index is 1.54. The van der Waals surface area contributed by atoms with Crippen molar-refractivity contribution in [2.75, 3.05) is 19.6 Å². The first-order valence-electron chi connectivity index (χ1n) is 11.4. The van der Waals surface area contributed by atoms with Gasteiger partial charge in [-0.3, -0.25) is 19.2 Å². The molecule has 0 aromatic heterocycles. The molecule has 0 radical (unpaired) electrons. The number of likely N-dealkylation sites (tertiary alicyclic amines) is 1. The molecule has 11 heteroatoms. The molecule has 2 aliphatic heterocycles. The molecule has 7 N–H and O–H groups in total. The summed E-state index contributed by atoms with van der Waals surface area (Å²) in [7, 11) is 0. The van der Waals surface area contributed by atoms with Crippen molar-refractivity contribution >= 4 is 23.6 Å². The predicted molar refractivity (Wildman–Crippen MR) is 114 cm³/mol. The van der Waals surface area contributed by atoms with Gasteiger partial charge < -0.3 is 32.3 Å². The number of piperidine rings is 1. The summed E-state index contributed by atoms with van der Waals surface area (Å²) in [5.41, 5.74) is 9.47. The van der Waals surface area contributed by atoms with Crippen molar-refractivity contribution in [1.29, 1.82) is 0 Å². The van der Waals surface area contributed by atoms with E-state index in [1.807, 2.05) is 0 Å². The van der Waals surface area contributed by atoms with Crippen molar-refractivity contribution in [3.63, 3.8) is 0 Å². The number of amides is 4. The van der Waals surface area contributed by atoms with Crippen LogP contribution in [0.5, 0.6) is 0 Å². The molecule has 1 saturated carbocycles. The summed E-state index contributed by atoms with van der Waals surface area (Å²) >= 11 is 0. The Labute approximate surface area is 187 Å². The Morgan fingerprint density at radius 2 is 1.94 bits per heavy atom. The second kappa shape index (κ2) is 10.1. The van der Waals surface area contributed by atoms with E-state index in [4.69, 9.17) is 11.5 Å². The van der Waals surface area contributed by atoms with Crippen LogP contribution in [0.1, 0.15) is 51.9 Å². The lowest BCUT2D eigenvalue weighted by Crippen LogP contribution is -2.61. The highest BCUT2D eigenvalue weighted by Crippen LogP contribution is 2.35. The molecule has 0 spiro atoms. The minimum atomic E-state index is -1.51. The van der Waals surface area contributed by atoms with Crippen LogP contribution in [-0.4, -0.2) is 72.1 Å². The number of primary amides is 1. The Morgan fingerprint density at radius 1 is 1.19 bits per heavy atom. The van der Waals surface area contributed by atoms with Crippen molar-refractivity contribution in [2.24, 2.45) is 23.3 Å². The lowest BCUT2D eigenvalue weighted by atomic mass is 9.70. The number of nitrogens with one attached hydrogen (secondary N) is 3. The summed E-state index contributed by atoms with van der Waals surface area (Å²) in [5.74, 6) is -1.59. The molecular weight excluding hydrogens is 419 g/mol. The van der Waals surface area contributed by atoms with E-state index < -0.39 is 17.7 Å². The van der Waals surface area contributed by atoms with E-state index in [1.54, 1.807) is 0 Å². The second-order valence-electron chi connectivity index (χ2n) is 9.53. The maximum absolute atomic E-state index is 14.1. The van der Waals surface area contributed by atoms with Crippen LogP contribution in [-0.2, 0) is 19.2 Å². The van der Waals surface area contributed by atoms with Gasteiger partial charge in [-0.1, -0.05) is 6.42 Å². The number of nitrogens with zero attached hydrogens (tertiary/aromatic N) is 1. The minimum absolute atomic E-state index is 0.00136. The quantitative estimate of drug-likeness (QED) is 0.327. The molecule has 3 aliphatic rings. The molecule has 2 heterocycles. The Hall–Kier alpha value is -2.27. The Kier molecular flexibility index (Phi) is 7.71. The monoisotopic (exact) mass is 454 g/mol. The van der Waals surface area contributed by atoms with Gasteiger partial charge in [-0.25, -0.2) is 4.39 Å². The van der Waals surface area contributed by atoms with Crippen LogP contribution in [0.25, 0.3) is 0 Å². The maximum Gasteiger partial charge on any atom is 0.243 e. The van der Waals surface area contributed by atoms with Crippen LogP contribution in [0.15, 0.2) is 0 Å². The molecule has 180 valence electrons. The zero-order valence-electron chi connectivity index (χ0n) is 18.6. The van der Waals surface area contributed by atoms with Gasteiger partial charge >= 0.3 is 0 Å². The number of nitrogens with two attached hydrogens (primary N) is 2. The first-order valence-corrected chi connectivity index (χ1v) is 11.4. The van der Waals surface area contributed by atoms with Crippen molar-refractivity contribution in [3.05, 3.63) is 0 Å². The number of carbonyl (C=O) groups excluding carboxylic acids is 4. The predicted octanol–water partition coefficient (Wildman–Crippen LogP) is -1.12. The van der Waals surface area contributed by atoms with Gasteiger partial charge in [-0.05, 0) is 38.6 Å². The zero-order chi connectivity index (χ0) is 23.5. The molecule has 0 aromatic rings. The first-order chi connectivity index (χ1) is 15.1. The fraction of sp³-hybridized carbons (Fsp3) is 0.810. The van der Waals surface area contributed by atoms with Crippen molar-refractivity contribution in [1.82, 2.24) is 20.9 Å². The van der Waals surface area contributed by atoms with Crippen LogP contribution in [0.4, 0.5) is 4.39 Å². The van der Waals surface area contributed by atoms with Crippen LogP contribution in [0, 0.1) is 11.8 Å².